The lowest BCUT2D eigenvalue weighted by molar-refractivity contribution is 0.102. The van der Waals surface area contributed by atoms with Gasteiger partial charge in [-0.05, 0) is 38.1 Å². The lowest BCUT2D eigenvalue weighted by Crippen LogP contribution is -2.14. The van der Waals surface area contributed by atoms with Crippen molar-refractivity contribution in [1.29, 1.82) is 0 Å². The van der Waals surface area contributed by atoms with Gasteiger partial charge >= 0.3 is 0 Å². The highest BCUT2D eigenvalue weighted by Crippen LogP contribution is 2.22. The van der Waals surface area contributed by atoms with Crippen molar-refractivity contribution in [3.63, 3.8) is 0 Å². The molecule has 3 aromatic rings. The Bertz CT molecular complexity index is 863. The van der Waals surface area contributed by atoms with Crippen molar-refractivity contribution in [2.24, 2.45) is 7.05 Å². The van der Waals surface area contributed by atoms with Gasteiger partial charge in [0.15, 0.2) is 0 Å². The molecule has 0 spiro atoms. The second kappa shape index (κ2) is 5.89. The van der Waals surface area contributed by atoms with Crippen molar-refractivity contribution in [1.82, 2.24) is 19.6 Å². The number of benzene rings is 1. The fraction of sp³-hybridized carbons (Fsp3) is 0.188. The number of aromatic nitrogens is 4. The molecule has 0 saturated heterocycles. The second-order valence-electron chi connectivity index (χ2n) is 5.24. The zero-order valence-corrected chi connectivity index (χ0v) is 13.8. The SMILES string of the molecule is Cc1nn(-c2ccc(C(=O)Nc3ccnn3C)cc2)c(C)c1Cl. The molecule has 2 heterocycles. The molecule has 0 aliphatic carbocycles. The lowest BCUT2D eigenvalue weighted by Gasteiger charge is -2.07. The standard InChI is InChI=1S/C16H16ClN5O/c1-10-15(17)11(2)22(20-10)13-6-4-12(5-7-13)16(23)19-14-8-9-18-21(14)3/h4-9H,1-3H3,(H,19,23). The molecule has 7 heteroatoms. The first-order chi connectivity index (χ1) is 11.0. The summed E-state index contributed by atoms with van der Waals surface area (Å²) in [5.41, 5.74) is 3.07. The van der Waals surface area contributed by atoms with E-state index in [4.69, 9.17) is 11.6 Å². The van der Waals surface area contributed by atoms with Crippen molar-refractivity contribution < 1.29 is 4.79 Å². The van der Waals surface area contributed by atoms with E-state index in [1.165, 1.54) is 0 Å². The Hall–Kier alpha value is -2.60. The molecule has 0 saturated carbocycles. The molecule has 23 heavy (non-hydrogen) atoms. The van der Waals surface area contributed by atoms with Gasteiger partial charge in [0.2, 0.25) is 0 Å². The monoisotopic (exact) mass is 329 g/mol. The predicted molar refractivity (Wildman–Crippen MR) is 89.2 cm³/mol. The highest BCUT2D eigenvalue weighted by molar-refractivity contribution is 6.31. The number of rotatable bonds is 3. The number of hydrogen-bond donors (Lipinski definition) is 1. The maximum Gasteiger partial charge on any atom is 0.256 e. The largest absolute Gasteiger partial charge is 0.307 e. The van der Waals surface area contributed by atoms with E-state index in [0.29, 0.717) is 16.4 Å². The minimum atomic E-state index is -0.188. The van der Waals surface area contributed by atoms with E-state index in [1.54, 1.807) is 40.8 Å². The van der Waals surface area contributed by atoms with Crippen molar-refractivity contribution in [3.8, 4) is 5.69 Å². The lowest BCUT2D eigenvalue weighted by atomic mass is 10.2. The Morgan fingerprint density at radius 2 is 1.87 bits per heavy atom. The molecule has 3 rings (SSSR count). The summed E-state index contributed by atoms with van der Waals surface area (Å²) in [5, 5.41) is 11.9. The third kappa shape index (κ3) is 2.85. The van der Waals surface area contributed by atoms with Crippen LogP contribution in [0.3, 0.4) is 0 Å². The van der Waals surface area contributed by atoms with Gasteiger partial charge in [-0.15, -0.1) is 0 Å². The molecule has 0 aliphatic rings. The van der Waals surface area contributed by atoms with E-state index in [-0.39, 0.29) is 5.91 Å². The Morgan fingerprint density at radius 3 is 2.39 bits per heavy atom. The van der Waals surface area contributed by atoms with Crippen molar-refractivity contribution in [2.75, 3.05) is 5.32 Å². The molecular formula is C16H16ClN5O. The van der Waals surface area contributed by atoms with Crippen LogP contribution in [0.1, 0.15) is 21.7 Å². The Kier molecular flexibility index (Phi) is 3.92. The highest BCUT2D eigenvalue weighted by Gasteiger charge is 2.12. The molecule has 118 valence electrons. The van der Waals surface area contributed by atoms with Crippen LogP contribution in [0.25, 0.3) is 5.69 Å². The minimum absolute atomic E-state index is 0.188. The summed E-state index contributed by atoms with van der Waals surface area (Å²) in [6.45, 7) is 3.77. The van der Waals surface area contributed by atoms with Crippen LogP contribution in [0.15, 0.2) is 36.5 Å². The first-order valence-electron chi connectivity index (χ1n) is 7.09. The van der Waals surface area contributed by atoms with E-state index >= 15 is 0 Å². The molecule has 1 N–H and O–H groups in total. The number of halogens is 1. The second-order valence-corrected chi connectivity index (χ2v) is 5.62. The first-order valence-corrected chi connectivity index (χ1v) is 7.46. The number of carbonyl (C=O) groups excluding carboxylic acids is 1. The zero-order chi connectivity index (χ0) is 16.6. The van der Waals surface area contributed by atoms with Gasteiger partial charge in [-0.3, -0.25) is 9.48 Å². The summed E-state index contributed by atoms with van der Waals surface area (Å²) in [5.74, 6) is 0.455. The first kappa shape index (κ1) is 15.3. The number of carbonyl (C=O) groups is 1. The normalized spacial score (nSPS) is 10.8. The quantitative estimate of drug-likeness (QED) is 0.803. The average molecular weight is 330 g/mol. The van der Waals surface area contributed by atoms with Crippen LogP contribution in [0.2, 0.25) is 5.02 Å². The molecule has 1 aromatic carbocycles. The van der Waals surface area contributed by atoms with Gasteiger partial charge in [0.1, 0.15) is 5.82 Å². The molecule has 2 aromatic heterocycles. The van der Waals surface area contributed by atoms with Gasteiger partial charge in [-0.1, -0.05) is 11.6 Å². The summed E-state index contributed by atoms with van der Waals surface area (Å²) in [6.07, 6.45) is 1.63. The van der Waals surface area contributed by atoms with Crippen LogP contribution in [0, 0.1) is 13.8 Å². The molecule has 0 fully saturated rings. The Morgan fingerprint density at radius 1 is 1.17 bits per heavy atom. The van der Waals surface area contributed by atoms with Gasteiger partial charge in [0.25, 0.3) is 5.91 Å². The molecular weight excluding hydrogens is 314 g/mol. The minimum Gasteiger partial charge on any atom is -0.307 e. The number of anilines is 1. The number of nitrogens with one attached hydrogen (secondary N) is 1. The Labute approximate surface area is 138 Å². The zero-order valence-electron chi connectivity index (χ0n) is 13.0. The molecule has 0 bridgehead atoms. The fourth-order valence-electron chi connectivity index (χ4n) is 2.31. The third-order valence-corrected chi connectivity index (χ3v) is 4.19. The summed E-state index contributed by atoms with van der Waals surface area (Å²) in [7, 11) is 1.77. The number of amides is 1. The van der Waals surface area contributed by atoms with Crippen LogP contribution < -0.4 is 5.32 Å². The number of nitrogens with zero attached hydrogens (tertiary/aromatic N) is 4. The summed E-state index contributed by atoms with van der Waals surface area (Å²) in [4.78, 5) is 12.2. The van der Waals surface area contributed by atoms with E-state index in [2.05, 4.69) is 15.5 Å². The van der Waals surface area contributed by atoms with Crippen molar-refractivity contribution in [2.45, 2.75) is 13.8 Å². The summed E-state index contributed by atoms with van der Waals surface area (Å²) < 4.78 is 3.37. The van der Waals surface area contributed by atoms with Crippen LogP contribution in [0.5, 0.6) is 0 Å². The van der Waals surface area contributed by atoms with Crippen molar-refractivity contribution in [3.05, 3.63) is 58.5 Å². The molecule has 0 radical (unpaired) electrons. The van der Waals surface area contributed by atoms with Crippen LogP contribution in [-0.2, 0) is 7.05 Å². The van der Waals surface area contributed by atoms with E-state index in [9.17, 15) is 4.79 Å². The van der Waals surface area contributed by atoms with Gasteiger partial charge in [0.05, 0.1) is 28.3 Å². The number of hydrogen-bond acceptors (Lipinski definition) is 3. The maximum atomic E-state index is 12.2. The van der Waals surface area contributed by atoms with Gasteiger partial charge in [0, 0.05) is 18.7 Å². The van der Waals surface area contributed by atoms with Gasteiger partial charge in [-0.2, -0.15) is 10.2 Å². The topological polar surface area (TPSA) is 64.7 Å². The highest BCUT2D eigenvalue weighted by atomic mass is 35.5. The molecule has 0 unspecified atom stereocenters. The van der Waals surface area contributed by atoms with Crippen molar-refractivity contribution >= 4 is 23.3 Å². The predicted octanol–water partition coefficient (Wildman–Crippen LogP) is 3.13. The van der Waals surface area contributed by atoms with Gasteiger partial charge in [-0.25, -0.2) is 4.68 Å². The number of aryl methyl sites for hydroxylation is 2. The van der Waals surface area contributed by atoms with Crippen LogP contribution in [-0.4, -0.2) is 25.5 Å². The van der Waals surface area contributed by atoms with E-state index in [0.717, 1.165) is 17.1 Å². The van der Waals surface area contributed by atoms with E-state index in [1.807, 2.05) is 26.0 Å². The molecule has 0 aliphatic heterocycles. The summed E-state index contributed by atoms with van der Waals surface area (Å²) >= 11 is 6.17. The molecule has 6 nitrogen and oxygen atoms in total. The maximum absolute atomic E-state index is 12.2. The van der Waals surface area contributed by atoms with Crippen LogP contribution >= 0.6 is 11.6 Å². The fourth-order valence-corrected chi connectivity index (χ4v) is 2.43. The van der Waals surface area contributed by atoms with E-state index < -0.39 is 0 Å². The van der Waals surface area contributed by atoms with Crippen LogP contribution in [0.4, 0.5) is 5.82 Å². The average Bonchev–Trinajstić information content (AvgIpc) is 3.06. The molecule has 0 atom stereocenters. The molecule has 1 amide bonds. The smallest absolute Gasteiger partial charge is 0.256 e. The summed E-state index contributed by atoms with van der Waals surface area (Å²) in [6, 6.07) is 8.93. The third-order valence-electron chi connectivity index (χ3n) is 3.64. The Balaban J connectivity index is 1.83. The van der Waals surface area contributed by atoms with Gasteiger partial charge < -0.3 is 5.32 Å².